The number of rotatable bonds is 6. The third kappa shape index (κ3) is 6.12. The van der Waals surface area contributed by atoms with Gasteiger partial charge in [0.15, 0.2) is 0 Å². The summed E-state index contributed by atoms with van der Waals surface area (Å²) in [6.45, 7) is 0.663. The van der Waals surface area contributed by atoms with E-state index in [0.29, 0.717) is 11.0 Å². The molecule has 0 bridgehead atoms. The van der Waals surface area contributed by atoms with E-state index in [2.05, 4.69) is 0 Å². The van der Waals surface area contributed by atoms with E-state index in [1.807, 2.05) is 21.1 Å². The molecule has 1 unspecified atom stereocenters. The summed E-state index contributed by atoms with van der Waals surface area (Å²) in [5, 5.41) is 0. The molecule has 0 fully saturated rings. The molecule has 1 aromatic rings. The number of hydrogen-bond donors (Lipinski definition) is 1. The van der Waals surface area contributed by atoms with Crippen molar-refractivity contribution in [1.29, 1.82) is 0 Å². The first-order valence-electron chi connectivity index (χ1n) is 5.41. The Hall–Kier alpha value is -0.940. The predicted molar refractivity (Wildman–Crippen MR) is 65.7 cm³/mol. The lowest BCUT2D eigenvalue weighted by atomic mass is 10.3. The quantitative estimate of drug-likeness (QED) is 0.639. The van der Waals surface area contributed by atoms with Gasteiger partial charge in [0.2, 0.25) is 0 Å². The number of nitrogens with zero attached hydrogens (tertiary/aromatic N) is 1. The third-order valence-corrected chi connectivity index (χ3v) is 3.00. The summed E-state index contributed by atoms with van der Waals surface area (Å²) in [7, 11) is 1.66. The minimum Gasteiger partial charge on any atom is -0.404 e. The van der Waals surface area contributed by atoms with Crippen LogP contribution in [0.2, 0.25) is 0 Å². The van der Waals surface area contributed by atoms with Crippen molar-refractivity contribution < 1.29 is 27.4 Å². The second-order valence-electron chi connectivity index (χ2n) is 4.86. The van der Waals surface area contributed by atoms with Crippen molar-refractivity contribution in [2.24, 2.45) is 0 Å². The molecule has 0 saturated heterocycles. The predicted octanol–water partition coefficient (Wildman–Crippen LogP) is 2.03. The second kappa shape index (κ2) is 5.80. The first kappa shape index (κ1) is 15.1. The second-order valence-corrected chi connectivity index (χ2v) is 6.24. The molecule has 5 nitrogen and oxygen atoms in total. The van der Waals surface area contributed by atoms with Gasteiger partial charge in [-0.1, -0.05) is 0 Å². The van der Waals surface area contributed by atoms with Crippen LogP contribution in [0.25, 0.3) is 0 Å². The summed E-state index contributed by atoms with van der Waals surface area (Å²) in [6.07, 6.45) is 0. The van der Waals surface area contributed by atoms with Crippen LogP contribution in [0, 0.1) is 5.82 Å². The van der Waals surface area contributed by atoms with E-state index in [-0.39, 0.29) is 12.4 Å². The van der Waals surface area contributed by atoms with E-state index in [4.69, 9.17) is 9.05 Å². The fourth-order valence-corrected chi connectivity index (χ4v) is 1.84. The zero-order chi connectivity index (χ0) is 13.8. The average Bonchev–Trinajstić information content (AvgIpc) is 2.18. The third-order valence-electron chi connectivity index (χ3n) is 2.05. The van der Waals surface area contributed by atoms with Crippen LogP contribution < -0.4 is 4.52 Å². The molecule has 0 heterocycles. The first-order valence-corrected chi connectivity index (χ1v) is 6.90. The van der Waals surface area contributed by atoms with E-state index in [1.54, 1.807) is 0 Å². The lowest BCUT2D eigenvalue weighted by Gasteiger charge is -2.24. The largest absolute Gasteiger partial charge is 0.527 e. The van der Waals surface area contributed by atoms with Crippen LogP contribution in [0.5, 0.6) is 5.75 Å². The van der Waals surface area contributed by atoms with Crippen LogP contribution >= 0.6 is 7.82 Å². The normalized spacial score (nSPS) is 15.2. The van der Waals surface area contributed by atoms with Gasteiger partial charge in [0.05, 0.1) is 21.1 Å². The number of phosphoric ester groups is 1. The summed E-state index contributed by atoms with van der Waals surface area (Å²) in [4.78, 5) is 9.44. The highest BCUT2D eigenvalue weighted by atomic mass is 31.2. The Balaban J connectivity index is 2.49. The molecule has 18 heavy (non-hydrogen) atoms. The molecule has 0 aromatic heterocycles. The van der Waals surface area contributed by atoms with E-state index in [9.17, 15) is 13.8 Å². The SMILES string of the molecule is C[N+](C)(C)CCOP(=O)(O)Oc1ccc(F)cc1. The van der Waals surface area contributed by atoms with E-state index in [0.717, 1.165) is 12.1 Å². The smallest absolute Gasteiger partial charge is 0.404 e. The maximum atomic E-state index is 12.6. The van der Waals surface area contributed by atoms with Gasteiger partial charge in [-0.3, -0.25) is 9.42 Å². The Morgan fingerprint density at radius 3 is 2.33 bits per heavy atom. The van der Waals surface area contributed by atoms with Gasteiger partial charge in [0.1, 0.15) is 24.7 Å². The molecule has 0 amide bonds. The number of halogens is 1. The van der Waals surface area contributed by atoms with E-state index >= 15 is 0 Å². The molecule has 0 radical (unpaired) electrons. The lowest BCUT2D eigenvalue weighted by Crippen LogP contribution is -2.37. The molecule has 0 spiro atoms. The summed E-state index contributed by atoms with van der Waals surface area (Å²) in [5.41, 5.74) is 0. The van der Waals surface area contributed by atoms with Crippen LogP contribution in [-0.4, -0.2) is 43.7 Å². The molecule has 0 saturated carbocycles. The minimum absolute atomic E-state index is 0.0903. The van der Waals surface area contributed by atoms with Gasteiger partial charge in [-0.05, 0) is 24.3 Å². The van der Waals surface area contributed by atoms with Gasteiger partial charge < -0.3 is 9.01 Å². The van der Waals surface area contributed by atoms with Crippen LogP contribution in [0.15, 0.2) is 24.3 Å². The molecule has 1 aromatic carbocycles. The summed E-state index contributed by atoms with van der Waals surface area (Å²) >= 11 is 0. The lowest BCUT2D eigenvalue weighted by molar-refractivity contribution is -0.870. The van der Waals surface area contributed by atoms with Gasteiger partial charge in [0, 0.05) is 0 Å². The molecule has 1 atom stereocenters. The molecule has 0 aliphatic heterocycles. The van der Waals surface area contributed by atoms with Crippen LogP contribution in [0.4, 0.5) is 4.39 Å². The zero-order valence-electron chi connectivity index (χ0n) is 10.7. The Morgan fingerprint density at radius 1 is 1.28 bits per heavy atom. The Labute approximate surface area is 106 Å². The molecule has 7 heteroatoms. The maximum absolute atomic E-state index is 12.6. The van der Waals surface area contributed by atoms with Crippen LogP contribution in [-0.2, 0) is 9.09 Å². The molecule has 102 valence electrons. The first-order chi connectivity index (χ1) is 8.18. The summed E-state index contributed by atoms with van der Waals surface area (Å²) in [5.74, 6) is -0.353. The van der Waals surface area contributed by atoms with Crippen molar-refractivity contribution in [3.8, 4) is 5.75 Å². The van der Waals surface area contributed by atoms with Crippen molar-refractivity contribution >= 4 is 7.82 Å². The number of phosphoric acid groups is 1. The van der Waals surface area contributed by atoms with Crippen LogP contribution in [0.3, 0.4) is 0 Å². The topological polar surface area (TPSA) is 55.8 Å². The highest BCUT2D eigenvalue weighted by Crippen LogP contribution is 2.43. The summed E-state index contributed by atoms with van der Waals surface area (Å²) < 4.78 is 34.4. The standard InChI is InChI=1S/C11H17FNO4P/c1-13(2,3)8-9-16-18(14,15)17-11-6-4-10(12)5-7-11/h4-7H,8-9H2,1-3H3/p+1. The monoisotopic (exact) mass is 278 g/mol. The fraction of sp³-hybridized carbons (Fsp3) is 0.455. The van der Waals surface area contributed by atoms with E-state index in [1.165, 1.54) is 12.1 Å². The van der Waals surface area contributed by atoms with Crippen molar-refractivity contribution in [3.63, 3.8) is 0 Å². The Morgan fingerprint density at radius 2 is 1.83 bits per heavy atom. The van der Waals surface area contributed by atoms with Gasteiger partial charge >= 0.3 is 7.82 Å². The molecule has 0 aliphatic rings. The number of likely N-dealkylation sites (N-methyl/N-ethyl adjacent to an activating group) is 1. The Kier molecular flexibility index (Phi) is 4.87. The number of benzene rings is 1. The number of hydrogen-bond acceptors (Lipinski definition) is 3. The highest BCUT2D eigenvalue weighted by Gasteiger charge is 2.24. The summed E-state index contributed by atoms with van der Waals surface area (Å²) in [6, 6.07) is 4.81. The molecule has 1 N–H and O–H groups in total. The van der Waals surface area contributed by atoms with Gasteiger partial charge in [-0.15, -0.1) is 0 Å². The van der Waals surface area contributed by atoms with Gasteiger partial charge in [-0.25, -0.2) is 8.96 Å². The van der Waals surface area contributed by atoms with Gasteiger partial charge in [0.25, 0.3) is 0 Å². The van der Waals surface area contributed by atoms with Gasteiger partial charge in [-0.2, -0.15) is 0 Å². The Bertz CT molecular complexity index is 430. The average molecular weight is 278 g/mol. The maximum Gasteiger partial charge on any atom is 0.527 e. The molecule has 0 aliphatic carbocycles. The van der Waals surface area contributed by atoms with E-state index < -0.39 is 13.6 Å². The fourth-order valence-electron chi connectivity index (χ4n) is 1.09. The molecule has 1 rings (SSSR count). The van der Waals surface area contributed by atoms with Crippen molar-refractivity contribution in [3.05, 3.63) is 30.1 Å². The zero-order valence-corrected chi connectivity index (χ0v) is 11.6. The van der Waals surface area contributed by atoms with Crippen molar-refractivity contribution in [1.82, 2.24) is 0 Å². The van der Waals surface area contributed by atoms with Crippen molar-refractivity contribution in [2.75, 3.05) is 34.3 Å². The highest BCUT2D eigenvalue weighted by molar-refractivity contribution is 7.47. The minimum atomic E-state index is -4.15. The van der Waals surface area contributed by atoms with Crippen LogP contribution in [0.1, 0.15) is 0 Å². The molecular formula is C11H18FNO4P+. The number of quaternary nitrogens is 1. The molecular weight excluding hydrogens is 260 g/mol. The van der Waals surface area contributed by atoms with Crippen molar-refractivity contribution in [2.45, 2.75) is 0 Å².